The molecule has 2 unspecified atom stereocenters. The Kier molecular flexibility index (Phi) is 131. The maximum Gasteiger partial charge on any atom is 1.00 e. The standard InChI is InChI=1S/C14H20O6.C13H12O6.C10H14O6.C9H12O6.C7H13NO4S.C6H11NO2.2C4H6O2.2C3H4O2.C2H6.2K.6Na/c1-9(2)13(17)19-7-8-20-14(18)11-6-4-3-5-10(11)12(15)16;1-2-11(14)18-7-8-19-13(17)10-6-4-3-5-9(10)12(15)16;1-7(2)10(14)16-6-5-15-9(13)4-3-8(11)12;1-2-8(12)14-5-6-15-9(13)4-3-7(10)11;1-4-6(9)8-7(2,3)5-13(10,11)12;1-5(2)6(8)9-7(3)4;2*1-3(2)4(5)6;2*1-2-3(4)5;1-2;;;;;;;;/h10-11H,1,3-8H2,2H3,(H,15,16);2-6H,1,7-8H2,(H,15,16);1,3-6H2,2H3,(H,11,12);2H,1,3-6H2,(H,10,11);4H,1,5H2,2-3H3,(H,8,9)(H,10,11,12);1H2,2-4H3;2*1H2,2H3,(H,5,6);2*2H,1H2,(H,4,5);1-2H3;;;;;;;;/q;;;;;;;;;;;8*+1/p-8. The smallest absolute Gasteiger partial charge is 0.550 e. The number of nitrogens with one attached hydrogen (secondary N) is 1. The first-order chi connectivity index (χ1) is 53.5. The second-order valence-corrected chi connectivity index (χ2v) is 23.6. The van der Waals surface area contributed by atoms with E-state index in [0.29, 0.717) is 18.4 Å². The number of ether oxygens (including phenoxy) is 8. The molecular formula is C75H100K2N2Na6O38S. The fourth-order valence-corrected chi connectivity index (χ4v) is 6.88. The van der Waals surface area contributed by atoms with Gasteiger partial charge in [0.2, 0.25) is 5.91 Å². The molecule has 0 aromatic heterocycles. The summed E-state index contributed by atoms with van der Waals surface area (Å²) < 4.78 is 66.9. The van der Waals surface area contributed by atoms with Crippen LogP contribution in [-0.4, -0.2) is 204 Å². The van der Waals surface area contributed by atoms with E-state index in [0.717, 1.165) is 43.2 Å². The minimum Gasteiger partial charge on any atom is -0.550 e. The van der Waals surface area contributed by atoms with Crippen LogP contribution in [0.2, 0.25) is 0 Å². The number of hydrogen-bond acceptors (Lipinski definition) is 38. The number of carbonyl (C=O) groups is 18. The quantitative estimate of drug-likeness (QED) is 0.0120. The molecule has 0 saturated heterocycles. The van der Waals surface area contributed by atoms with Gasteiger partial charge in [-0.1, -0.05) is 111 Å². The van der Waals surface area contributed by atoms with E-state index >= 15 is 0 Å². The molecule has 1 aromatic carbocycles. The van der Waals surface area contributed by atoms with Gasteiger partial charge in [0.15, 0.2) is 0 Å². The molecule has 1 aliphatic carbocycles. The van der Waals surface area contributed by atoms with Gasteiger partial charge < -0.3 is 127 Å². The number of hydrogen-bond donors (Lipinski definition) is 2. The fraction of sp³-hybridized carbons (Fsp3) is 0.413. The van der Waals surface area contributed by atoms with Gasteiger partial charge in [0.25, 0.3) is 10.1 Å². The third-order valence-electron chi connectivity index (χ3n) is 11.0. The molecule has 1 aromatic rings. The number of benzene rings is 1. The van der Waals surface area contributed by atoms with Gasteiger partial charge in [-0.2, -0.15) is 8.42 Å². The van der Waals surface area contributed by atoms with Crippen LogP contribution in [0.4, 0.5) is 0 Å². The van der Waals surface area contributed by atoms with E-state index in [9.17, 15) is 116 Å². The summed E-state index contributed by atoms with van der Waals surface area (Å²) in [6.45, 7) is 45.3. The van der Waals surface area contributed by atoms with Crippen molar-refractivity contribution in [1.29, 1.82) is 0 Å². The number of hydroxylamine groups is 2. The number of aromatic carboxylic acids is 1. The molecule has 0 aliphatic heterocycles. The molecule has 40 nitrogen and oxygen atoms in total. The van der Waals surface area contributed by atoms with Gasteiger partial charge in [-0.05, 0) is 110 Å². The number of nitrogens with zero attached hydrogens (tertiary/aromatic N) is 1. The van der Waals surface area contributed by atoms with Crippen LogP contribution >= 0.6 is 0 Å². The third-order valence-corrected chi connectivity index (χ3v) is 12.0. The summed E-state index contributed by atoms with van der Waals surface area (Å²) in [5, 5.41) is 82.7. The molecule has 1 fully saturated rings. The normalized spacial score (nSPS) is 10.5. The van der Waals surface area contributed by atoms with Crippen molar-refractivity contribution in [2.45, 2.75) is 119 Å². The molecule has 1 aliphatic rings. The van der Waals surface area contributed by atoms with Crippen LogP contribution in [0.15, 0.2) is 148 Å². The first-order valence-electron chi connectivity index (χ1n) is 33.2. The van der Waals surface area contributed by atoms with Crippen molar-refractivity contribution in [1.82, 2.24) is 10.4 Å². The van der Waals surface area contributed by atoms with Crippen LogP contribution in [0.1, 0.15) is 134 Å². The van der Waals surface area contributed by atoms with E-state index in [1.165, 1.54) is 70.9 Å². The molecule has 0 heterocycles. The second kappa shape index (κ2) is 101. The summed E-state index contributed by atoms with van der Waals surface area (Å²) in [7, 11) is -0.805. The van der Waals surface area contributed by atoms with E-state index in [-0.39, 0.29) is 398 Å². The fourth-order valence-electron chi connectivity index (χ4n) is 5.90. The SMILES string of the molecule is C=C(C)C(=O)OCCOC(=O)C1CCCCC1C(=O)[O-].C=C(C)C(=O)OCCOC(=O)CCC(=O)[O-].C=C(C)C(=O)ON(C)C.C=C(C)C(=O)[O-].C=C(C)C(=O)[O-].C=CC(=O)NC(C)(C)CS(=O)(=O)O.C=CC(=O)OCCOC(=O)CCC(=O)[O-].C=CC(=O)OCCOC(=O)c1ccccc1C(=O)[O-].C=CC(=O)[O-].C=CC(=O)[O-].CC.[K+].[K+].[Na+].[Na+].[Na+].[Na+].[Na+].[Na+]. The number of carbonyl (C=O) groups excluding carboxylic acids is 18. The first-order valence-corrected chi connectivity index (χ1v) is 34.8. The second-order valence-electron chi connectivity index (χ2n) is 22.2. The predicted molar refractivity (Wildman–Crippen MR) is 392 cm³/mol. The minimum atomic E-state index is -4.08. The Bertz CT molecular complexity index is 3600. The van der Waals surface area contributed by atoms with Crippen molar-refractivity contribution >= 4 is 118 Å². The van der Waals surface area contributed by atoms with E-state index < -0.39 is 135 Å². The average Bonchev–Trinajstić information content (AvgIpc) is 0.850. The van der Waals surface area contributed by atoms with Gasteiger partial charge in [0.05, 0.1) is 65.5 Å². The largest absolute Gasteiger partial charge is 1.00 e. The Balaban J connectivity index is -0.0000000698. The molecule has 0 bridgehead atoms. The molecule has 652 valence electrons. The molecule has 2 rings (SSSR count). The summed E-state index contributed by atoms with van der Waals surface area (Å²) in [5.74, 6) is -18.1. The monoisotopic (exact) mass is 1880 g/mol. The Hall–Kier alpha value is -3.78. The number of esters is 8. The Morgan fingerprint density at radius 1 is 0.460 bits per heavy atom. The average molecular weight is 1890 g/mol. The number of carboxylic acid groups (broad SMARTS) is 8. The van der Waals surface area contributed by atoms with Gasteiger partial charge in [0.1, 0.15) is 52.9 Å². The number of carboxylic acids is 8. The molecule has 0 spiro atoms. The molecule has 2 N–H and O–H groups in total. The van der Waals surface area contributed by atoms with Gasteiger partial charge in [-0.3, -0.25) is 23.7 Å². The Morgan fingerprint density at radius 3 is 1.02 bits per heavy atom. The molecule has 0 radical (unpaired) electrons. The topological polar surface area (TPSA) is 644 Å². The number of aliphatic carboxylic acids is 7. The molecule has 124 heavy (non-hydrogen) atoms. The van der Waals surface area contributed by atoms with Crippen LogP contribution in [-0.2, 0) is 130 Å². The van der Waals surface area contributed by atoms with Gasteiger partial charge in [-0.15, -0.1) is 5.06 Å². The molecule has 1 amide bonds. The Labute approximate surface area is 939 Å². The minimum absolute atomic E-state index is 0. The van der Waals surface area contributed by atoms with E-state index in [4.69, 9.17) is 38.6 Å². The van der Waals surface area contributed by atoms with E-state index in [1.54, 1.807) is 21.0 Å². The zero-order valence-electron chi connectivity index (χ0n) is 74.4. The Morgan fingerprint density at radius 2 is 0.758 bits per heavy atom. The van der Waals surface area contributed by atoms with Crippen molar-refractivity contribution in [2.75, 3.05) is 72.7 Å². The van der Waals surface area contributed by atoms with Crippen LogP contribution in [0.5, 0.6) is 0 Å². The van der Waals surface area contributed by atoms with E-state index in [1.807, 2.05) is 13.8 Å². The van der Waals surface area contributed by atoms with E-state index in [2.05, 4.69) is 99.6 Å². The number of rotatable bonds is 36. The van der Waals surface area contributed by atoms with Crippen LogP contribution in [0, 0.1) is 11.8 Å². The zero-order valence-corrected chi connectivity index (χ0v) is 93.4. The van der Waals surface area contributed by atoms with Crippen molar-refractivity contribution in [3.05, 3.63) is 159 Å². The molecule has 49 heteroatoms. The number of amides is 1. The third kappa shape index (κ3) is 118. The summed E-state index contributed by atoms with van der Waals surface area (Å²) in [6.07, 6.45) is 5.67. The maximum absolute atomic E-state index is 11.8. The van der Waals surface area contributed by atoms with Crippen LogP contribution in [0.3, 0.4) is 0 Å². The van der Waals surface area contributed by atoms with Crippen LogP contribution in [0.25, 0.3) is 0 Å². The zero-order chi connectivity index (χ0) is 92.6. The maximum atomic E-state index is 11.8. The summed E-state index contributed by atoms with van der Waals surface area (Å²) in [6, 6.07) is 5.52. The summed E-state index contributed by atoms with van der Waals surface area (Å²) in [5.41, 5.74) is -0.315. The van der Waals surface area contributed by atoms with Crippen molar-refractivity contribution in [3.8, 4) is 0 Å². The van der Waals surface area contributed by atoms with Gasteiger partial charge >= 0.3 is 334 Å². The van der Waals surface area contributed by atoms with Crippen molar-refractivity contribution in [3.63, 3.8) is 0 Å². The van der Waals surface area contributed by atoms with Crippen molar-refractivity contribution in [2.24, 2.45) is 11.8 Å². The predicted octanol–water partition coefficient (Wildman–Crippen LogP) is -27.8. The molecule has 2 atom stereocenters. The first kappa shape index (κ1) is 160. The van der Waals surface area contributed by atoms with Crippen molar-refractivity contribution < 1.29 is 463 Å². The van der Waals surface area contributed by atoms with Crippen LogP contribution < -0.4 is 326 Å². The molecule has 1 saturated carbocycles. The van der Waals surface area contributed by atoms with Gasteiger partial charge in [-0.25, -0.2) is 28.8 Å². The summed E-state index contributed by atoms with van der Waals surface area (Å²) >= 11 is 0. The van der Waals surface area contributed by atoms with Gasteiger partial charge in [0, 0.05) is 72.4 Å². The molecular weight excluding hydrogens is 1790 g/mol. The summed E-state index contributed by atoms with van der Waals surface area (Å²) in [4.78, 5) is 193.